The minimum Gasteiger partial charge on any atom is -0.388 e. The number of thiophene rings is 1. The average Bonchev–Trinajstić information content (AvgIpc) is 2.54. The summed E-state index contributed by atoms with van der Waals surface area (Å²) >= 11 is 10.7. The van der Waals surface area contributed by atoms with Gasteiger partial charge in [0.2, 0.25) is 0 Å². The summed E-state index contributed by atoms with van der Waals surface area (Å²) < 4.78 is 1.61. The first kappa shape index (κ1) is 13.5. The summed E-state index contributed by atoms with van der Waals surface area (Å²) in [6.45, 7) is 2.19. The summed E-state index contributed by atoms with van der Waals surface area (Å²) in [5.41, 5.74) is 0. The van der Waals surface area contributed by atoms with Gasteiger partial charge >= 0.3 is 0 Å². The third kappa shape index (κ3) is 4.43. The number of aliphatic hydroxyl groups is 1. The Kier molecular flexibility index (Phi) is 6.20. The van der Waals surface area contributed by atoms with Crippen LogP contribution in [0.3, 0.4) is 0 Å². The quantitative estimate of drug-likeness (QED) is 0.719. The summed E-state index contributed by atoms with van der Waals surface area (Å²) in [5.74, 6) is 0. The molecule has 0 aliphatic carbocycles. The van der Waals surface area contributed by atoms with E-state index in [-0.39, 0.29) is 6.10 Å². The minimum absolute atomic E-state index is 0.351. The van der Waals surface area contributed by atoms with Crippen LogP contribution in [-0.4, -0.2) is 5.11 Å². The van der Waals surface area contributed by atoms with Gasteiger partial charge in [-0.15, -0.1) is 11.3 Å². The lowest BCUT2D eigenvalue weighted by atomic mass is 10.1. The van der Waals surface area contributed by atoms with E-state index in [0.717, 1.165) is 26.5 Å². The van der Waals surface area contributed by atoms with Crippen molar-refractivity contribution in [1.82, 2.24) is 0 Å². The molecule has 0 saturated carbocycles. The van der Waals surface area contributed by atoms with Crippen LogP contribution in [0.1, 0.15) is 50.0 Å². The van der Waals surface area contributed by atoms with Crippen LogP contribution in [-0.2, 0) is 0 Å². The lowest BCUT2D eigenvalue weighted by Gasteiger charge is -2.07. The van der Waals surface area contributed by atoms with Crippen LogP contribution in [0.15, 0.2) is 10.5 Å². The van der Waals surface area contributed by atoms with Gasteiger partial charge in [0.05, 0.1) is 6.10 Å². The van der Waals surface area contributed by atoms with E-state index >= 15 is 0 Å². The molecular formula is C11H16BrClOS. The maximum Gasteiger partial charge on any atom is 0.107 e. The monoisotopic (exact) mass is 310 g/mol. The Morgan fingerprint density at radius 1 is 1.47 bits per heavy atom. The predicted octanol–water partition coefficient (Wildman–Crippen LogP) is 5.17. The van der Waals surface area contributed by atoms with Crippen molar-refractivity contribution in [2.75, 3.05) is 0 Å². The molecule has 0 fully saturated rings. The van der Waals surface area contributed by atoms with Gasteiger partial charge in [0.1, 0.15) is 4.34 Å². The van der Waals surface area contributed by atoms with Crippen LogP contribution < -0.4 is 0 Å². The molecule has 1 atom stereocenters. The van der Waals surface area contributed by atoms with E-state index in [4.69, 9.17) is 11.6 Å². The number of hydrogen-bond donors (Lipinski definition) is 1. The summed E-state index contributed by atoms with van der Waals surface area (Å²) in [4.78, 5) is 0.961. The zero-order valence-electron chi connectivity index (χ0n) is 8.80. The predicted molar refractivity (Wildman–Crippen MR) is 70.7 cm³/mol. The number of hydrogen-bond acceptors (Lipinski definition) is 2. The second-order valence-electron chi connectivity index (χ2n) is 3.64. The highest BCUT2D eigenvalue weighted by molar-refractivity contribution is 9.10. The summed E-state index contributed by atoms with van der Waals surface area (Å²) in [6, 6.07) is 1.91. The molecule has 1 aromatic heterocycles. The van der Waals surface area contributed by atoms with E-state index in [2.05, 4.69) is 22.9 Å². The van der Waals surface area contributed by atoms with E-state index in [0.29, 0.717) is 0 Å². The molecule has 0 amide bonds. The zero-order chi connectivity index (χ0) is 11.3. The summed E-state index contributed by atoms with van der Waals surface area (Å²) in [7, 11) is 0. The van der Waals surface area contributed by atoms with Gasteiger partial charge in [-0.05, 0) is 28.4 Å². The normalized spacial score (nSPS) is 13.1. The number of rotatable bonds is 6. The Labute approximate surface area is 109 Å². The standard InChI is InChI=1S/C11H16BrClOS/c1-2-3-4-5-6-9(14)10-7-8(12)11(13)15-10/h7,9,14H,2-6H2,1H3. The average molecular weight is 312 g/mol. The lowest BCUT2D eigenvalue weighted by molar-refractivity contribution is 0.167. The first-order valence-corrected chi connectivity index (χ1v) is 7.26. The zero-order valence-corrected chi connectivity index (χ0v) is 12.0. The first-order chi connectivity index (χ1) is 7.15. The molecule has 0 bridgehead atoms. The van der Waals surface area contributed by atoms with E-state index in [1.165, 1.54) is 30.6 Å². The van der Waals surface area contributed by atoms with Crippen LogP contribution >= 0.6 is 38.9 Å². The molecule has 4 heteroatoms. The highest BCUT2D eigenvalue weighted by Crippen LogP contribution is 2.36. The van der Waals surface area contributed by atoms with Crippen molar-refractivity contribution >= 4 is 38.9 Å². The van der Waals surface area contributed by atoms with E-state index in [9.17, 15) is 5.11 Å². The Morgan fingerprint density at radius 2 is 2.20 bits per heavy atom. The molecule has 1 N–H and O–H groups in total. The highest BCUT2D eigenvalue weighted by Gasteiger charge is 2.12. The molecule has 1 aromatic rings. The smallest absolute Gasteiger partial charge is 0.107 e. The van der Waals surface area contributed by atoms with Gasteiger partial charge in [-0.2, -0.15) is 0 Å². The molecule has 1 unspecified atom stereocenters. The molecule has 0 aliphatic heterocycles. The van der Waals surface area contributed by atoms with E-state index in [1.807, 2.05) is 6.07 Å². The van der Waals surface area contributed by atoms with Crippen molar-refractivity contribution in [1.29, 1.82) is 0 Å². The maximum atomic E-state index is 9.89. The topological polar surface area (TPSA) is 20.2 Å². The Balaban J connectivity index is 2.36. The lowest BCUT2D eigenvalue weighted by Crippen LogP contribution is -1.94. The third-order valence-electron chi connectivity index (χ3n) is 2.32. The van der Waals surface area contributed by atoms with Gasteiger partial charge in [0.25, 0.3) is 0 Å². The Morgan fingerprint density at radius 3 is 2.73 bits per heavy atom. The van der Waals surface area contributed by atoms with Gasteiger partial charge in [-0.1, -0.05) is 44.2 Å². The van der Waals surface area contributed by atoms with Gasteiger partial charge in [0, 0.05) is 9.35 Å². The summed E-state index contributed by atoms with van der Waals surface area (Å²) in [6.07, 6.45) is 5.25. The summed E-state index contributed by atoms with van der Waals surface area (Å²) in [5, 5.41) is 9.89. The SMILES string of the molecule is CCCCCCC(O)c1cc(Br)c(Cl)s1. The number of halogens is 2. The third-order valence-corrected chi connectivity index (χ3v) is 4.90. The van der Waals surface area contributed by atoms with E-state index in [1.54, 1.807) is 0 Å². The van der Waals surface area contributed by atoms with Crippen molar-refractivity contribution < 1.29 is 5.11 Å². The van der Waals surface area contributed by atoms with Crippen molar-refractivity contribution in [2.24, 2.45) is 0 Å². The first-order valence-electron chi connectivity index (χ1n) is 5.28. The molecule has 1 heterocycles. The molecule has 0 saturated heterocycles. The van der Waals surface area contributed by atoms with Gasteiger partial charge in [0.15, 0.2) is 0 Å². The van der Waals surface area contributed by atoms with Gasteiger partial charge in [-0.3, -0.25) is 0 Å². The fourth-order valence-electron chi connectivity index (χ4n) is 1.43. The molecule has 1 rings (SSSR count). The van der Waals surface area contributed by atoms with Crippen molar-refractivity contribution in [3.8, 4) is 0 Å². The minimum atomic E-state index is -0.351. The van der Waals surface area contributed by atoms with Crippen molar-refractivity contribution in [3.63, 3.8) is 0 Å². The highest BCUT2D eigenvalue weighted by atomic mass is 79.9. The fraction of sp³-hybridized carbons (Fsp3) is 0.636. The van der Waals surface area contributed by atoms with Gasteiger partial charge in [-0.25, -0.2) is 0 Å². The molecule has 86 valence electrons. The number of aliphatic hydroxyl groups excluding tert-OH is 1. The van der Waals surface area contributed by atoms with Crippen LogP contribution in [0.4, 0.5) is 0 Å². The molecule has 0 aliphatic rings. The fourth-order valence-corrected chi connectivity index (χ4v) is 3.19. The molecule has 15 heavy (non-hydrogen) atoms. The van der Waals surface area contributed by atoms with Crippen LogP contribution in [0, 0.1) is 0 Å². The van der Waals surface area contributed by atoms with Crippen molar-refractivity contribution in [3.05, 3.63) is 19.8 Å². The molecule has 0 aromatic carbocycles. The second kappa shape index (κ2) is 6.89. The van der Waals surface area contributed by atoms with Gasteiger partial charge < -0.3 is 5.11 Å². The molecular weight excluding hydrogens is 296 g/mol. The second-order valence-corrected chi connectivity index (χ2v) is 6.18. The largest absolute Gasteiger partial charge is 0.388 e. The Bertz CT molecular complexity index is 281. The maximum absolute atomic E-state index is 9.89. The van der Waals surface area contributed by atoms with Crippen molar-refractivity contribution in [2.45, 2.75) is 45.1 Å². The van der Waals surface area contributed by atoms with Crippen LogP contribution in [0.25, 0.3) is 0 Å². The van der Waals surface area contributed by atoms with Crippen LogP contribution in [0.5, 0.6) is 0 Å². The van der Waals surface area contributed by atoms with Crippen LogP contribution in [0.2, 0.25) is 4.34 Å². The molecule has 1 nitrogen and oxygen atoms in total. The Hall–Kier alpha value is 0.430. The molecule has 0 radical (unpaired) electrons. The molecule has 0 spiro atoms. The van der Waals surface area contributed by atoms with E-state index < -0.39 is 0 Å². The number of unbranched alkanes of at least 4 members (excludes halogenated alkanes) is 3.